The first-order valence-electron chi connectivity index (χ1n) is 12.6. The van der Waals surface area contributed by atoms with E-state index in [-0.39, 0.29) is 29.7 Å². The van der Waals surface area contributed by atoms with Gasteiger partial charge in [0, 0.05) is 50.4 Å². The molecule has 3 aliphatic rings. The van der Waals surface area contributed by atoms with Crippen LogP contribution in [0.15, 0.2) is 24.3 Å². The maximum Gasteiger partial charge on any atom is 0.320 e. The molecule has 2 aliphatic heterocycles. The zero-order chi connectivity index (χ0) is 22.5. The van der Waals surface area contributed by atoms with Crippen LogP contribution in [0.2, 0.25) is 0 Å². The van der Waals surface area contributed by atoms with E-state index in [1.807, 2.05) is 9.80 Å². The molecule has 0 spiro atoms. The third-order valence-corrected chi connectivity index (χ3v) is 7.92. The number of carbonyl (C=O) groups excluding carboxylic acids is 2. The molecule has 0 radical (unpaired) electrons. The highest BCUT2D eigenvalue weighted by molar-refractivity contribution is 5.81. The molecule has 2 unspecified atom stereocenters. The van der Waals surface area contributed by atoms with Gasteiger partial charge in [0.2, 0.25) is 0 Å². The number of rotatable bonds is 5. The van der Waals surface area contributed by atoms with E-state index in [9.17, 15) is 14.9 Å². The zero-order valence-electron chi connectivity index (χ0n) is 19.5. The van der Waals surface area contributed by atoms with Crippen molar-refractivity contribution in [2.45, 2.75) is 70.6 Å². The summed E-state index contributed by atoms with van der Waals surface area (Å²) in [6.45, 7) is 4.88. The van der Waals surface area contributed by atoms with Crippen LogP contribution in [-0.2, 0) is 11.2 Å². The van der Waals surface area contributed by atoms with Gasteiger partial charge >= 0.3 is 6.03 Å². The summed E-state index contributed by atoms with van der Waals surface area (Å²) in [5.41, 5.74) is 2.60. The molecule has 2 heterocycles. The summed E-state index contributed by atoms with van der Waals surface area (Å²) < 4.78 is 0. The van der Waals surface area contributed by atoms with Crippen molar-refractivity contribution < 1.29 is 9.59 Å². The van der Waals surface area contributed by atoms with Crippen LogP contribution in [0.3, 0.4) is 0 Å². The molecule has 5 nitrogen and oxygen atoms in total. The van der Waals surface area contributed by atoms with Crippen molar-refractivity contribution in [3.8, 4) is 6.07 Å². The summed E-state index contributed by atoms with van der Waals surface area (Å²) in [4.78, 5) is 30.3. The Bertz CT molecular complexity index is 829. The zero-order valence-corrected chi connectivity index (χ0v) is 19.5. The van der Waals surface area contributed by atoms with Crippen molar-refractivity contribution in [1.82, 2.24) is 9.80 Å². The van der Waals surface area contributed by atoms with E-state index in [4.69, 9.17) is 0 Å². The number of hydrogen-bond acceptors (Lipinski definition) is 3. The molecule has 0 aromatic heterocycles. The smallest absolute Gasteiger partial charge is 0.320 e. The van der Waals surface area contributed by atoms with Gasteiger partial charge in [-0.2, -0.15) is 5.26 Å². The third kappa shape index (κ3) is 5.34. The van der Waals surface area contributed by atoms with Crippen LogP contribution in [0, 0.1) is 29.1 Å². The van der Waals surface area contributed by atoms with Gasteiger partial charge in [0.25, 0.3) is 0 Å². The van der Waals surface area contributed by atoms with Gasteiger partial charge in [-0.25, -0.2) is 4.79 Å². The standard InChI is InChI=1S/C27H37N3O2/c1-2-20-7-9-23(10-8-20)25-15-22(16-26(31)24-5-3-4-6-24)18-30(19-25)27(32)29-13-11-21(17-28)12-14-29/h7-10,21-22,24-25H,2-6,11-16,18-19H2,1H3. The van der Waals surface area contributed by atoms with Crippen LogP contribution in [0.5, 0.6) is 0 Å². The lowest BCUT2D eigenvalue weighted by Crippen LogP contribution is -2.51. The summed E-state index contributed by atoms with van der Waals surface area (Å²) in [5, 5.41) is 9.18. The lowest BCUT2D eigenvalue weighted by molar-refractivity contribution is -0.124. The average Bonchev–Trinajstić information content (AvgIpc) is 3.39. The molecule has 1 aromatic rings. The van der Waals surface area contributed by atoms with Crippen LogP contribution in [0.25, 0.3) is 0 Å². The van der Waals surface area contributed by atoms with Crippen LogP contribution < -0.4 is 0 Å². The average molecular weight is 436 g/mol. The highest BCUT2D eigenvalue weighted by Gasteiger charge is 2.36. The molecule has 32 heavy (non-hydrogen) atoms. The van der Waals surface area contributed by atoms with Crippen molar-refractivity contribution in [1.29, 1.82) is 5.26 Å². The molecular weight excluding hydrogens is 398 g/mol. The number of Topliss-reactive ketones (excluding diaryl/α,β-unsaturated/α-hetero) is 1. The van der Waals surface area contributed by atoms with E-state index in [0.29, 0.717) is 31.8 Å². The number of ketones is 1. The molecule has 5 heteroatoms. The second-order valence-corrected chi connectivity index (χ2v) is 10.1. The molecule has 3 fully saturated rings. The predicted molar refractivity (Wildman–Crippen MR) is 125 cm³/mol. The van der Waals surface area contributed by atoms with Crippen molar-refractivity contribution >= 4 is 11.8 Å². The Hall–Kier alpha value is -2.35. The topological polar surface area (TPSA) is 64.4 Å². The highest BCUT2D eigenvalue weighted by atomic mass is 16.2. The van der Waals surface area contributed by atoms with E-state index < -0.39 is 0 Å². The normalized spacial score (nSPS) is 25.0. The lowest BCUT2D eigenvalue weighted by Gasteiger charge is -2.41. The number of nitriles is 1. The van der Waals surface area contributed by atoms with E-state index >= 15 is 0 Å². The largest absolute Gasteiger partial charge is 0.325 e. The van der Waals surface area contributed by atoms with Gasteiger partial charge in [-0.05, 0) is 55.6 Å². The molecular formula is C27H37N3O2. The molecule has 172 valence electrons. The summed E-state index contributed by atoms with van der Waals surface area (Å²) in [5.74, 6) is 1.23. The lowest BCUT2D eigenvalue weighted by atomic mass is 9.80. The van der Waals surface area contributed by atoms with E-state index in [0.717, 1.165) is 45.1 Å². The Kier molecular flexibility index (Phi) is 7.50. The van der Waals surface area contributed by atoms with Gasteiger partial charge < -0.3 is 9.80 Å². The second kappa shape index (κ2) is 10.5. The molecule has 1 aliphatic carbocycles. The number of benzene rings is 1. The van der Waals surface area contributed by atoms with Crippen LogP contribution in [-0.4, -0.2) is 47.8 Å². The number of nitrogens with zero attached hydrogens (tertiary/aromatic N) is 3. The molecule has 4 rings (SSSR count). The first-order valence-corrected chi connectivity index (χ1v) is 12.6. The van der Waals surface area contributed by atoms with Crippen molar-refractivity contribution in [2.75, 3.05) is 26.2 Å². The van der Waals surface area contributed by atoms with Crippen LogP contribution in [0.4, 0.5) is 4.79 Å². The quantitative estimate of drug-likeness (QED) is 0.642. The Labute approximate surface area is 192 Å². The van der Waals surface area contributed by atoms with Crippen LogP contribution in [0.1, 0.15) is 75.3 Å². The van der Waals surface area contributed by atoms with Crippen molar-refractivity contribution in [2.24, 2.45) is 17.8 Å². The highest BCUT2D eigenvalue weighted by Crippen LogP contribution is 2.35. The van der Waals surface area contributed by atoms with E-state index in [1.54, 1.807) is 0 Å². The monoisotopic (exact) mass is 435 g/mol. The number of aryl methyl sites for hydroxylation is 1. The number of likely N-dealkylation sites (tertiary alicyclic amines) is 2. The molecule has 2 amide bonds. The van der Waals surface area contributed by atoms with Crippen molar-refractivity contribution in [3.05, 3.63) is 35.4 Å². The molecule has 2 saturated heterocycles. The van der Waals surface area contributed by atoms with Gasteiger partial charge in [-0.3, -0.25) is 4.79 Å². The fraction of sp³-hybridized carbons (Fsp3) is 0.667. The fourth-order valence-corrected chi connectivity index (χ4v) is 5.87. The molecule has 1 aromatic carbocycles. The maximum atomic E-state index is 13.4. The molecule has 1 saturated carbocycles. The molecule has 0 bridgehead atoms. The number of amides is 2. The Morgan fingerprint density at radius 2 is 1.69 bits per heavy atom. The number of hydrogen-bond donors (Lipinski definition) is 0. The minimum atomic E-state index is 0.0713. The van der Waals surface area contributed by atoms with Gasteiger partial charge in [0.05, 0.1) is 6.07 Å². The van der Waals surface area contributed by atoms with Gasteiger partial charge in [-0.1, -0.05) is 44.0 Å². The predicted octanol–water partition coefficient (Wildman–Crippen LogP) is 5.16. The van der Waals surface area contributed by atoms with Gasteiger partial charge in [0.1, 0.15) is 5.78 Å². The fourth-order valence-electron chi connectivity index (χ4n) is 5.87. The molecule has 0 N–H and O–H groups in total. The number of carbonyl (C=O) groups is 2. The molecule has 2 atom stereocenters. The summed E-state index contributed by atoms with van der Waals surface area (Å²) in [6.07, 6.45) is 8.58. The third-order valence-electron chi connectivity index (χ3n) is 7.92. The minimum Gasteiger partial charge on any atom is -0.325 e. The summed E-state index contributed by atoms with van der Waals surface area (Å²) in [6, 6.07) is 11.3. The SMILES string of the molecule is CCc1ccc(C2CC(CC(=O)C3CCCC3)CN(C(=O)N3CCC(C#N)CC3)C2)cc1. The van der Waals surface area contributed by atoms with E-state index in [2.05, 4.69) is 37.3 Å². The van der Waals surface area contributed by atoms with Crippen LogP contribution >= 0.6 is 0 Å². The summed E-state index contributed by atoms with van der Waals surface area (Å²) in [7, 11) is 0. The van der Waals surface area contributed by atoms with Gasteiger partial charge in [-0.15, -0.1) is 0 Å². The number of piperidine rings is 2. The van der Waals surface area contributed by atoms with E-state index in [1.165, 1.54) is 24.0 Å². The van der Waals surface area contributed by atoms with Crippen molar-refractivity contribution in [3.63, 3.8) is 0 Å². The Morgan fingerprint density at radius 3 is 2.31 bits per heavy atom. The number of urea groups is 1. The second-order valence-electron chi connectivity index (χ2n) is 10.1. The first-order chi connectivity index (χ1) is 15.6. The first kappa shape index (κ1) is 22.8. The minimum absolute atomic E-state index is 0.0713. The Morgan fingerprint density at radius 1 is 1.00 bits per heavy atom. The maximum absolute atomic E-state index is 13.4. The Balaban J connectivity index is 1.47. The van der Waals surface area contributed by atoms with Gasteiger partial charge in [0.15, 0.2) is 0 Å². The summed E-state index contributed by atoms with van der Waals surface area (Å²) >= 11 is 0.